The van der Waals surface area contributed by atoms with Crippen molar-refractivity contribution in [1.29, 1.82) is 0 Å². The lowest BCUT2D eigenvalue weighted by molar-refractivity contribution is 0.565. The van der Waals surface area contributed by atoms with E-state index >= 15 is 0 Å². The SMILES string of the molecule is CC(NCc1cnn(C)c1)c1cccc(F)c1. The van der Waals surface area contributed by atoms with Crippen LogP contribution in [-0.4, -0.2) is 9.78 Å². The summed E-state index contributed by atoms with van der Waals surface area (Å²) in [5, 5.41) is 7.43. The zero-order valence-electron chi connectivity index (χ0n) is 10.0. The Balaban J connectivity index is 1.95. The molecule has 0 amide bonds. The molecule has 1 heterocycles. The highest BCUT2D eigenvalue weighted by atomic mass is 19.1. The third kappa shape index (κ3) is 3.14. The fourth-order valence-corrected chi connectivity index (χ4v) is 1.73. The van der Waals surface area contributed by atoms with E-state index in [2.05, 4.69) is 10.4 Å². The molecule has 0 radical (unpaired) electrons. The Morgan fingerprint density at radius 2 is 2.29 bits per heavy atom. The van der Waals surface area contributed by atoms with Crippen LogP contribution in [0.5, 0.6) is 0 Å². The van der Waals surface area contributed by atoms with Crippen LogP contribution >= 0.6 is 0 Å². The lowest BCUT2D eigenvalue weighted by Crippen LogP contribution is -2.17. The molecule has 17 heavy (non-hydrogen) atoms. The summed E-state index contributed by atoms with van der Waals surface area (Å²) in [7, 11) is 1.89. The highest BCUT2D eigenvalue weighted by molar-refractivity contribution is 5.19. The van der Waals surface area contributed by atoms with Crippen LogP contribution in [0.2, 0.25) is 0 Å². The van der Waals surface area contributed by atoms with Crippen LogP contribution in [0.3, 0.4) is 0 Å². The molecule has 0 bridgehead atoms. The van der Waals surface area contributed by atoms with Gasteiger partial charge in [-0.3, -0.25) is 4.68 Å². The van der Waals surface area contributed by atoms with E-state index in [1.54, 1.807) is 16.8 Å². The molecule has 1 N–H and O–H groups in total. The van der Waals surface area contributed by atoms with E-state index in [1.165, 1.54) is 6.07 Å². The molecule has 1 atom stereocenters. The van der Waals surface area contributed by atoms with Crippen molar-refractivity contribution in [3.63, 3.8) is 0 Å². The lowest BCUT2D eigenvalue weighted by Gasteiger charge is -2.13. The molecular formula is C13H16FN3. The van der Waals surface area contributed by atoms with Gasteiger partial charge in [0.15, 0.2) is 0 Å². The summed E-state index contributed by atoms with van der Waals surface area (Å²) < 4.78 is 14.8. The lowest BCUT2D eigenvalue weighted by atomic mass is 10.1. The Labute approximate surface area is 100 Å². The van der Waals surface area contributed by atoms with E-state index in [-0.39, 0.29) is 11.9 Å². The maximum absolute atomic E-state index is 13.1. The van der Waals surface area contributed by atoms with Gasteiger partial charge >= 0.3 is 0 Å². The first-order chi connectivity index (χ1) is 8.15. The quantitative estimate of drug-likeness (QED) is 0.878. The maximum Gasteiger partial charge on any atom is 0.123 e. The van der Waals surface area contributed by atoms with Gasteiger partial charge in [0.05, 0.1) is 6.20 Å². The second-order valence-electron chi connectivity index (χ2n) is 4.18. The standard InChI is InChI=1S/C13H16FN3/c1-10(12-4-3-5-13(14)6-12)15-7-11-8-16-17(2)9-11/h3-6,8-10,15H,7H2,1-2H3. The predicted octanol–water partition coefficient (Wildman–Crippen LogP) is 2.41. The van der Waals surface area contributed by atoms with E-state index in [4.69, 9.17) is 0 Å². The Morgan fingerprint density at radius 3 is 2.94 bits per heavy atom. The Kier molecular flexibility index (Phi) is 3.54. The number of halogens is 1. The minimum atomic E-state index is -0.197. The Hall–Kier alpha value is -1.68. The monoisotopic (exact) mass is 233 g/mol. The molecule has 0 saturated heterocycles. The first-order valence-corrected chi connectivity index (χ1v) is 5.61. The summed E-state index contributed by atoms with van der Waals surface area (Å²) >= 11 is 0. The van der Waals surface area contributed by atoms with E-state index in [9.17, 15) is 4.39 Å². The number of aromatic nitrogens is 2. The van der Waals surface area contributed by atoms with Crippen molar-refractivity contribution in [3.05, 3.63) is 53.6 Å². The van der Waals surface area contributed by atoms with Crippen molar-refractivity contribution in [2.45, 2.75) is 19.5 Å². The average Bonchev–Trinajstić information content (AvgIpc) is 2.72. The van der Waals surface area contributed by atoms with Gasteiger partial charge in [-0.25, -0.2) is 4.39 Å². The molecule has 1 unspecified atom stereocenters. The predicted molar refractivity (Wildman–Crippen MR) is 64.9 cm³/mol. The highest BCUT2D eigenvalue weighted by Gasteiger charge is 2.06. The van der Waals surface area contributed by atoms with Crippen LogP contribution in [0, 0.1) is 5.82 Å². The van der Waals surface area contributed by atoms with Crippen molar-refractivity contribution in [3.8, 4) is 0 Å². The molecule has 90 valence electrons. The zero-order chi connectivity index (χ0) is 12.3. The second kappa shape index (κ2) is 5.10. The summed E-state index contributed by atoms with van der Waals surface area (Å²) in [5.41, 5.74) is 2.07. The van der Waals surface area contributed by atoms with Gasteiger partial charge in [-0.1, -0.05) is 12.1 Å². The largest absolute Gasteiger partial charge is 0.306 e. The second-order valence-corrected chi connectivity index (χ2v) is 4.18. The summed E-state index contributed by atoms with van der Waals surface area (Å²) in [6.45, 7) is 2.75. The highest BCUT2D eigenvalue weighted by Crippen LogP contribution is 2.14. The normalized spacial score (nSPS) is 12.6. The first kappa shape index (κ1) is 11.8. The number of nitrogens with one attached hydrogen (secondary N) is 1. The topological polar surface area (TPSA) is 29.9 Å². The number of nitrogens with zero attached hydrogens (tertiary/aromatic N) is 2. The fourth-order valence-electron chi connectivity index (χ4n) is 1.73. The Bertz CT molecular complexity index is 493. The summed E-state index contributed by atoms with van der Waals surface area (Å²) in [6, 6.07) is 6.78. The van der Waals surface area contributed by atoms with Crippen LogP contribution in [0.15, 0.2) is 36.7 Å². The van der Waals surface area contributed by atoms with Crippen LogP contribution < -0.4 is 5.32 Å². The molecule has 0 aliphatic heterocycles. The third-order valence-electron chi connectivity index (χ3n) is 2.72. The smallest absolute Gasteiger partial charge is 0.123 e. The van der Waals surface area contributed by atoms with Crippen molar-refractivity contribution < 1.29 is 4.39 Å². The fraction of sp³-hybridized carbons (Fsp3) is 0.308. The van der Waals surface area contributed by atoms with Gasteiger partial charge in [0.25, 0.3) is 0 Å². The molecule has 0 saturated carbocycles. The number of hydrogen-bond acceptors (Lipinski definition) is 2. The number of rotatable bonds is 4. The number of aryl methyl sites for hydroxylation is 1. The molecule has 2 rings (SSSR count). The maximum atomic E-state index is 13.1. The van der Waals surface area contributed by atoms with E-state index in [1.807, 2.05) is 32.4 Å². The van der Waals surface area contributed by atoms with Gasteiger partial charge in [-0.15, -0.1) is 0 Å². The number of benzene rings is 1. The van der Waals surface area contributed by atoms with Crippen LogP contribution in [0.25, 0.3) is 0 Å². The summed E-state index contributed by atoms with van der Waals surface area (Å²) in [6.07, 6.45) is 3.79. The molecule has 0 aliphatic rings. The van der Waals surface area contributed by atoms with E-state index in [0.717, 1.165) is 17.7 Å². The molecule has 3 nitrogen and oxygen atoms in total. The van der Waals surface area contributed by atoms with Gasteiger partial charge in [-0.05, 0) is 24.6 Å². The molecule has 1 aromatic heterocycles. The van der Waals surface area contributed by atoms with Crippen molar-refractivity contribution in [1.82, 2.24) is 15.1 Å². The van der Waals surface area contributed by atoms with Crippen LogP contribution in [-0.2, 0) is 13.6 Å². The van der Waals surface area contributed by atoms with Gasteiger partial charge in [-0.2, -0.15) is 5.10 Å². The average molecular weight is 233 g/mol. The van der Waals surface area contributed by atoms with Gasteiger partial charge in [0.2, 0.25) is 0 Å². The summed E-state index contributed by atoms with van der Waals surface area (Å²) in [4.78, 5) is 0. The van der Waals surface area contributed by atoms with Crippen molar-refractivity contribution >= 4 is 0 Å². The molecular weight excluding hydrogens is 217 g/mol. The van der Waals surface area contributed by atoms with Crippen LogP contribution in [0.4, 0.5) is 4.39 Å². The van der Waals surface area contributed by atoms with Gasteiger partial charge < -0.3 is 5.32 Å². The molecule has 0 aliphatic carbocycles. The molecule has 2 aromatic rings. The van der Waals surface area contributed by atoms with E-state index < -0.39 is 0 Å². The van der Waals surface area contributed by atoms with Gasteiger partial charge in [0, 0.05) is 31.4 Å². The zero-order valence-corrected chi connectivity index (χ0v) is 10.0. The molecule has 1 aromatic carbocycles. The first-order valence-electron chi connectivity index (χ1n) is 5.61. The number of hydrogen-bond donors (Lipinski definition) is 1. The van der Waals surface area contributed by atoms with Gasteiger partial charge in [0.1, 0.15) is 5.82 Å². The minimum Gasteiger partial charge on any atom is -0.306 e. The van der Waals surface area contributed by atoms with Crippen molar-refractivity contribution in [2.75, 3.05) is 0 Å². The van der Waals surface area contributed by atoms with Crippen molar-refractivity contribution in [2.24, 2.45) is 7.05 Å². The molecule has 0 spiro atoms. The molecule has 4 heteroatoms. The summed E-state index contributed by atoms with van der Waals surface area (Å²) in [5.74, 6) is -0.197. The van der Waals surface area contributed by atoms with E-state index in [0.29, 0.717) is 0 Å². The third-order valence-corrected chi connectivity index (χ3v) is 2.72. The minimum absolute atomic E-state index is 0.117. The van der Waals surface area contributed by atoms with Crippen LogP contribution in [0.1, 0.15) is 24.1 Å². The molecule has 0 fully saturated rings. The Morgan fingerprint density at radius 1 is 1.47 bits per heavy atom.